The number of methoxy groups -OCH3 is 1. The van der Waals surface area contributed by atoms with E-state index in [1.54, 1.807) is 22.3 Å². The minimum Gasteiger partial charge on any atom is -0.380 e. The Labute approximate surface area is 125 Å². The smallest absolute Gasteiger partial charge is 0.214 e. The second-order valence-electron chi connectivity index (χ2n) is 6.03. The van der Waals surface area contributed by atoms with Gasteiger partial charge in [-0.15, -0.1) is 10.2 Å². The minimum atomic E-state index is -3.28. The summed E-state index contributed by atoms with van der Waals surface area (Å²) in [5.74, 6) is 1.51. The van der Waals surface area contributed by atoms with Gasteiger partial charge in [-0.05, 0) is 18.8 Å². The number of sulfonamides is 1. The van der Waals surface area contributed by atoms with Crippen molar-refractivity contribution in [2.24, 2.45) is 13.0 Å². The first-order valence-corrected chi connectivity index (χ1v) is 8.98. The molecule has 1 aromatic rings. The zero-order valence-electron chi connectivity index (χ0n) is 12.5. The number of hydrogen-bond acceptors (Lipinski definition) is 5. The second-order valence-corrected chi connectivity index (χ2v) is 8.07. The van der Waals surface area contributed by atoms with Gasteiger partial charge in [-0.2, -0.15) is 4.31 Å². The van der Waals surface area contributed by atoms with E-state index in [9.17, 15) is 8.42 Å². The van der Waals surface area contributed by atoms with Crippen molar-refractivity contribution in [1.82, 2.24) is 19.1 Å². The lowest BCUT2D eigenvalue weighted by molar-refractivity contribution is 0.114. The normalized spacial score (nSPS) is 27.3. The fourth-order valence-electron chi connectivity index (χ4n) is 2.91. The zero-order chi connectivity index (χ0) is 15.0. The third-order valence-electron chi connectivity index (χ3n) is 4.43. The Morgan fingerprint density at radius 2 is 2.19 bits per heavy atom. The van der Waals surface area contributed by atoms with E-state index in [-0.39, 0.29) is 17.9 Å². The summed E-state index contributed by atoms with van der Waals surface area (Å²) >= 11 is 0. The topological polar surface area (TPSA) is 77.3 Å². The van der Waals surface area contributed by atoms with Gasteiger partial charge in [0.1, 0.15) is 6.33 Å². The van der Waals surface area contributed by atoms with Crippen LogP contribution in [0, 0.1) is 5.92 Å². The van der Waals surface area contributed by atoms with E-state index in [0.717, 1.165) is 6.42 Å². The molecular weight excluding hydrogens is 292 g/mol. The van der Waals surface area contributed by atoms with Crippen molar-refractivity contribution in [1.29, 1.82) is 0 Å². The van der Waals surface area contributed by atoms with E-state index in [4.69, 9.17) is 4.74 Å². The van der Waals surface area contributed by atoms with Crippen LogP contribution < -0.4 is 0 Å². The highest BCUT2D eigenvalue weighted by molar-refractivity contribution is 7.89. The largest absolute Gasteiger partial charge is 0.380 e. The molecule has 2 heterocycles. The number of aryl methyl sites for hydroxylation is 1. The summed E-state index contributed by atoms with van der Waals surface area (Å²) in [7, 11) is 0.184. The van der Waals surface area contributed by atoms with Crippen LogP contribution >= 0.6 is 0 Å². The lowest BCUT2D eigenvalue weighted by Gasteiger charge is -2.22. The van der Waals surface area contributed by atoms with E-state index in [1.165, 1.54) is 12.8 Å². The van der Waals surface area contributed by atoms with Gasteiger partial charge in [-0.25, -0.2) is 8.42 Å². The van der Waals surface area contributed by atoms with Crippen molar-refractivity contribution >= 4 is 10.0 Å². The van der Waals surface area contributed by atoms with Crippen molar-refractivity contribution in [3.63, 3.8) is 0 Å². The summed E-state index contributed by atoms with van der Waals surface area (Å²) in [6, 6.07) is -0.272. The van der Waals surface area contributed by atoms with Crippen LogP contribution in [-0.4, -0.2) is 53.0 Å². The third kappa shape index (κ3) is 3.12. The molecule has 1 aromatic heterocycles. The molecular formula is C13H22N4O3S. The summed E-state index contributed by atoms with van der Waals surface area (Å²) < 4.78 is 34.0. The Kier molecular flexibility index (Phi) is 4.02. The molecule has 0 spiro atoms. The maximum absolute atomic E-state index is 12.7. The molecule has 1 aliphatic carbocycles. The predicted molar refractivity (Wildman–Crippen MR) is 77.0 cm³/mol. The van der Waals surface area contributed by atoms with E-state index >= 15 is 0 Å². The number of hydrogen-bond donors (Lipinski definition) is 0. The minimum absolute atomic E-state index is 0.0811. The van der Waals surface area contributed by atoms with Gasteiger partial charge < -0.3 is 9.30 Å². The van der Waals surface area contributed by atoms with Crippen molar-refractivity contribution in [2.75, 3.05) is 19.4 Å². The number of ether oxygens (including phenoxy) is 1. The Balaban J connectivity index is 1.81. The lowest BCUT2D eigenvalue weighted by Crippen LogP contribution is -2.35. The Hall–Kier alpha value is -0.990. The molecule has 118 valence electrons. The van der Waals surface area contributed by atoms with Gasteiger partial charge in [-0.1, -0.05) is 12.8 Å². The predicted octanol–water partition coefficient (Wildman–Crippen LogP) is 0.707. The fourth-order valence-corrected chi connectivity index (χ4v) is 4.74. The average molecular weight is 314 g/mol. The van der Waals surface area contributed by atoms with Gasteiger partial charge in [0.05, 0.1) is 17.9 Å². The standard InChI is InChI=1S/C13H22N4O3S/c1-16-9-14-15-13(16)12-7-11(20-2)8-17(12)21(18,19)6-5-10-3-4-10/h9-12H,3-8H2,1-2H3/t11-,12+/m1/s1. The van der Waals surface area contributed by atoms with Crippen LogP contribution in [0.3, 0.4) is 0 Å². The number of aromatic nitrogens is 3. The lowest BCUT2D eigenvalue weighted by atomic mass is 10.2. The maximum Gasteiger partial charge on any atom is 0.214 e. The first-order chi connectivity index (χ1) is 10.0. The van der Waals surface area contributed by atoms with Crippen LogP contribution in [0.2, 0.25) is 0 Å². The molecule has 0 unspecified atom stereocenters. The molecule has 0 amide bonds. The third-order valence-corrected chi connectivity index (χ3v) is 6.30. The van der Waals surface area contributed by atoms with Gasteiger partial charge in [0, 0.05) is 20.7 Å². The molecule has 21 heavy (non-hydrogen) atoms. The molecule has 1 aliphatic heterocycles. The molecule has 1 saturated carbocycles. The monoisotopic (exact) mass is 314 g/mol. The van der Waals surface area contributed by atoms with Crippen molar-refractivity contribution in [3.05, 3.63) is 12.2 Å². The van der Waals surface area contributed by atoms with Crippen molar-refractivity contribution in [2.45, 2.75) is 37.8 Å². The van der Waals surface area contributed by atoms with Crippen LogP contribution in [0.4, 0.5) is 0 Å². The van der Waals surface area contributed by atoms with Gasteiger partial charge in [0.15, 0.2) is 5.82 Å². The Morgan fingerprint density at radius 3 is 2.76 bits per heavy atom. The second kappa shape index (κ2) is 5.66. The molecule has 0 radical (unpaired) electrons. The van der Waals surface area contributed by atoms with Gasteiger partial charge in [-0.3, -0.25) is 0 Å². The van der Waals surface area contributed by atoms with Crippen molar-refractivity contribution in [3.8, 4) is 0 Å². The van der Waals surface area contributed by atoms with Crippen LogP contribution in [0.1, 0.15) is 37.5 Å². The van der Waals surface area contributed by atoms with Crippen molar-refractivity contribution < 1.29 is 13.2 Å². The Morgan fingerprint density at radius 1 is 1.43 bits per heavy atom. The van der Waals surface area contributed by atoms with E-state index in [0.29, 0.717) is 24.7 Å². The first-order valence-electron chi connectivity index (χ1n) is 7.37. The molecule has 8 heteroatoms. The molecule has 2 atom stereocenters. The Bertz CT molecular complexity index is 596. The molecule has 2 aliphatic rings. The van der Waals surface area contributed by atoms with Gasteiger partial charge in [0.25, 0.3) is 0 Å². The SMILES string of the molecule is CO[C@@H]1C[C@@H](c2nncn2C)N(S(=O)(=O)CCC2CC2)C1. The first kappa shape index (κ1) is 14.9. The molecule has 0 aromatic carbocycles. The molecule has 1 saturated heterocycles. The van der Waals surface area contributed by atoms with Crippen LogP contribution in [0.5, 0.6) is 0 Å². The fraction of sp³-hybridized carbons (Fsp3) is 0.846. The highest BCUT2D eigenvalue weighted by atomic mass is 32.2. The average Bonchev–Trinajstić information content (AvgIpc) is 3.02. The van der Waals surface area contributed by atoms with E-state index in [1.807, 2.05) is 7.05 Å². The summed E-state index contributed by atoms with van der Waals surface area (Å²) in [6.45, 7) is 0.404. The summed E-state index contributed by atoms with van der Waals surface area (Å²) in [4.78, 5) is 0. The number of nitrogens with zero attached hydrogens (tertiary/aromatic N) is 4. The molecule has 0 bridgehead atoms. The summed E-state index contributed by atoms with van der Waals surface area (Å²) in [5, 5.41) is 7.96. The van der Waals surface area contributed by atoms with Crippen LogP contribution in [-0.2, 0) is 21.8 Å². The van der Waals surface area contributed by atoms with E-state index < -0.39 is 10.0 Å². The number of rotatable bonds is 6. The zero-order valence-corrected chi connectivity index (χ0v) is 13.3. The summed E-state index contributed by atoms with van der Waals surface area (Å²) in [6.07, 6.45) is 5.26. The molecule has 0 N–H and O–H groups in total. The van der Waals surface area contributed by atoms with E-state index in [2.05, 4.69) is 10.2 Å². The maximum atomic E-state index is 12.7. The van der Waals surface area contributed by atoms with Crippen LogP contribution in [0.15, 0.2) is 6.33 Å². The highest BCUT2D eigenvalue weighted by Gasteiger charge is 2.42. The van der Waals surface area contributed by atoms with Gasteiger partial charge >= 0.3 is 0 Å². The highest BCUT2D eigenvalue weighted by Crippen LogP contribution is 2.37. The summed E-state index contributed by atoms with van der Waals surface area (Å²) in [5.41, 5.74) is 0. The van der Waals surface area contributed by atoms with Crippen LogP contribution in [0.25, 0.3) is 0 Å². The molecule has 3 rings (SSSR count). The van der Waals surface area contributed by atoms with Gasteiger partial charge in [0.2, 0.25) is 10.0 Å². The molecule has 7 nitrogen and oxygen atoms in total. The quantitative estimate of drug-likeness (QED) is 0.773. The molecule has 2 fully saturated rings.